The van der Waals surface area contributed by atoms with Gasteiger partial charge in [0.2, 0.25) is 0 Å². The molecule has 17 heavy (non-hydrogen) atoms. The summed E-state index contributed by atoms with van der Waals surface area (Å²) in [6.45, 7) is 1.69. The minimum Gasteiger partial charge on any atom is -0.353 e. The maximum atomic E-state index is 13.3. The lowest BCUT2D eigenvalue weighted by molar-refractivity contribution is 0.619. The minimum absolute atomic E-state index is 0.176. The lowest BCUT2D eigenvalue weighted by Gasteiger charge is -2.08. The van der Waals surface area contributed by atoms with E-state index in [9.17, 15) is 4.39 Å². The highest BCUT2D eigenvalue weighted by molar-refractivity contribution is 6.33. The van der Waals surface area contributed by atoms with Gasteiger partial charge in [0.15, 0.2) is 10.3 Å². The monoisotopic (exact) mass is 271 g/mol. The third kappa shape index (κ3) is 2.84. The Kier molecular flexibility index (Phi) is 3.45. The molecule has 0 radical (unpaired) electrons. The standard InChI is InChI=1S/C11H8Cl2FN3/c1-6-2-3-7(4-8(6)14)15-9-5-10(12)16-17-11(9)13/h2-5H,1H3,(H,15,16). The third-order valence-electron chi connectivity index (χ3n) is 2.17. The summed E-state index contributed by atoms with van der Waals surface area (Å²) in [5, 5.41) is 10.5. The first-order chi connectivity index (χ1) is 8.06. The highest BCUT2D eigenvalue weighted by atomic mass is 35.5. The molecule has 0 saturated carbocycles. The average Bonchev–Trinajstić information content (AvgIpc) is 2.29. The number of hydrogen-bond acceptors (Lipinski definition) is 3. The van der Waals surface area contributed by atoms with Gasteiger partial charge in [-0.25, -0.2) is 4.39 Å². The van der Waals surface area contributed by atoms with E-state index in [0.717, 1.165) is 0 Å². The molecule has 0 unspecified atom stereocenters. The number of rotatable bonds is 2. The summed E-state index contributed by atoms with van der Waals surface area (Å²) in [4.78, 5) is 0. The van der Waals surface area contributed by atoms with Crippen molar-refractivity contribution in [2.75, 3.05) is 5.32 Å². The van der Waals surface area contributed by atoms with Gasteiger partial charge >= 0.3 is 0 Å². The predicted molar refractivity (Wildman–Crippen MR) is 66.5 cm³/mol. The van der Waals surface area contributed by atoms with Crippen molar-refractivity contribution in [3.63, 3.8) is 0 Å². The van der Waals surface area contributed by atoms with Gasteiger partial charge in [-0.2, -0.15) is 0 Å². The van der Waals surface area contributed by atoms with Crippen LogP contribution in [-0.4, -0.2) is 10.2 Å². The second-order valence-corrected chi connectivity index (χ2v) is 4.21. The Hall–Kier alpha value is -1.39. The van der Waals surface area contributed by atoms with Crippen molar-refractivity contribution in [1.82, 2.24) is 10.2 Å². The van der Waals surface area contributed by atoms with Crippen molar-refractivity contribution in [2.24, 2.45) is 0 Å². The average molecular weight is 272 g/mol. The van der Waals surface area contributed by atoms with E-state index in [0.29, 0.717) is 16.9 Å². The number of benzene rings is 1. The van der Waals surface area contributed by atoms with E-state index >= 15 is 0 Å². The molecule has 1 heterocycles. The first-order valence-corrected chi connectivity index (χ1v) is 5.54. The number of aryl methyl sites for hydroxylation is 1. The van der Waals surface area contributed by atoms with Crippen molar-refractivity contribution in [3.8, 4) is 0 Å². The summed E-state index contributed by atoms with van der Waals surface area (Å²) < 4.78 is 13.3. The molecule has 0 fully saturated rings. The summed E-state index contributed by atoms with van der Waals surface area (Å²) in [6.07, 6.45) is 0. The van der Waals surface area contributed by atoms with Crippen LogP contribution in [0.15, 0.2) is 24.3 Å². The molecule has 0 aliphatic heterocycles. The Bertz CT molecular complexity index is 560. The van der Waals surface area contributed by atoms with Gasteiger partial charge in [0.25, 0.3) is 0 Å². The minimum atomic E-state index is -0.292. The fraction of sp³-hybridized carbons (Fsp3) is 0.0909. The van der Waals surface area contributed by atoms with Gasteiger partial charge < -0.3 is 5.32 Å². The van der Waals surface area contributed by atoms with Gasteiger partial charge in [0, 0.05) is 11.8 Å². The normalized spacial score (nSPS) is 10.4. The molecule has 2 rings (SSSR count). The number of halogens is 3. The molecule has 0 aliphatic carbocycles. The van der Waals surface area contributed by atoms with E-state index in [2.05, 4.69) is 15.5 Å². The SMILES string of the molecule is Cc1ccc(Nc2cc(Cl)nnc2Cl)cc1F. The van der Waals surface area contributed by atoms with Crippen LogP contribution in [0.2, 0.25) is 10.3 Å². The van der Waals surface area contributed by atoms with Crippen molar-refractivity contribution in [2.45, 2.75) is 6.92 Å². The van der Waals surface area contributed by atoms with Crippen LogP contribution in [0.3, 0.4) is 0 Å². The van der Waals surface area contributed by atoms with Gasteiger partial charge in [-0.1, -0.05) is 29.3 Å². The fourth-order valence-electron chi connectivity index (χ4n) is 1.27. The van der Waals surface area contributed by atoms with Crippen LogP contribution in [-0.2, 0) is 0 Å². The number of hydrogen-bond donors (Lipinski definition) is 1. The van der Waals surface area contributed by atoms with E-state index in [-0.39, 0.29) is 16.1 Å². The van der Waals surface area contributed by atoms with Gasteiger partial charge in [0.05, 0.1) is 5.69 Å². The molecule has 88 valence electrons. The molecule has 0 atom stereocenters. The lowest BCUT2D eigenvalue weighted by Crippen LogP contribution is -1.96. The molecule has 1 N–H and O–H groups in total. The molecule has 0 bridgehead atoms. The summed E-state index contributed by atoms with van der Waals surface area (Å²) in [5.74, 6) is -0.292. The van der Waals surface area contributed by atoms with Gasteiger partial charge in [-0.3, -0.25) is 0 Å². The molecule has 0 aliphatic rings. The van der Waals surface area contributed by atoms with E-state index in [1.54, 1.807) is 19.1 Å². The molecule has 0 amide bonds. The molecule has 1 aromatic carbocycles. The quantitative estimate of drug-likeness (QED) is 0.898. The summed E-state index contributed by atoms with van der Waals surface area (Å²) in [6, 6.07) is 6.31. The maximum Gasteiger partial charge on any atom is 0.175 e. The van der Waals surface area contributed by atoms with Crippen LogP contribution in [0.4, 0.5) is 15.8 Å². The lowest BCUT2D eigenvalue weighted by atomic mass is 10.2. The van der Waals surface area contributed by atoms with Crippen LogP contribution < -0.4 is 5.32 Å². The van der Waals surface area contributed by atoms with Crippen LogP contribution in [0.1, 0.15) is 5.56 Å². The first kappa shape index (κ1) is 12.1. The molecular formula is C11H8Cl2FN3. The molecule has 1 aromatic heterocycles. The molecule has 2 aromatic rings. The molecule has 3 nitrogen and oxygen atoms in total. The molecule has 0 spiro atoms. The summed E-state index contributed by atoms with van der Waals surface area (Å²) in [7, 11) is 0. The van der Waals surface area contributed by atoms with Crippen LogP contribution in [0.5, 0.6) is 0 Å². The van der Waals surface area contributed by atoms with E-state index in [1.807, 2.05) is 0 Å². The zero-order valence-corrected chi connectivity index (χ0v) is 10.3. The van der Waals surface area contributed by atoms with Gasteiger partial charge in [-0.15, -0.1) is 10.2 Å². The number of nitrogens with zero attached hydrogens (tertiary/aromatic N) is 2. The first-order valence-electron chi connectivity index (χ1n) is 4.78. The van der Waals surface area contributed by atoms with Crippen LogP contribution in [0, 0.1) is 12.7 Å². The number of aromatic nitrogens is 2. The van der Waals surface area contributed by atoms with Gasteiger partial charge in [0.1, 0.15) is 5.82 Å². The summed E-state index contributed by atoms with van der Waals surface area (Å²) in [5.41, 5.74) is 1.63. The second kappa shape index (κ2) is 4.85. The van der Waals surface area contributed by atoms with E-state index in [4.69, 9.17) is 23.2 Å². The van der Waals surface area contributed by atoms with Crippen LogP contribution in [0.25, 0.3) is 0 Å². The summed E-state index contributed by atoms with van der Waals surface area (Å²) >= 11 is 11.5. The van der Waals surface area contributed by atoms with Crippen molar-refractivity contribution in [1.29, 1.82) is 0 Å². The van der Waals surface area contributed by atoms with Crippen LogP contribution >= 0.6 is 23.2 Å². The Morgan fingerprint density at radius 1 is 1.18 bits per heavy atom. The van der Waals surface area contributed by atoms with Crippen molar-refractivity contribution >= 4 is 34.6 Å². The third-order valence-corrected chi connectivity index (χ3v) is 2.63. The Morgan fingerprint density at radius 2 is 1.94 bits per heavy atom. The van der Waals surface area contributed by atoms with E-state index < -0.39 is 0 Å². The van der Waals surface area contributed by atoms with E-state index in [1.165, 1.54) is 12.1 Å². The number of nitrogens with one attached hydrogen (secondary N) is 1. The second-order valence-electron chi connectivity index (χ2n) is 3.46. The largest absolute Gasteiger partial charge is 0.353 e. The Morgan fingerprint density at radius 3 is 2.65 bits per heavy atom. The highest BCUT2D eigenvalue weighted by Gasteiger charge is 2.05. The van der Waals surface area contributed by atoms with Crippen molar-refractivity contribution in [3.05, 3.63) is 46.0 Å². The Labute approximate surface area is 108 Å². The maximum absolute atomic E-state index is 13.3. The fourth-order valence-corrected chi connectivity index (χ4v) is 1.55. The highest BCUT2D eigenvalue weighted by Crippen LogP contribution is 2.25. The zero-order chi connectivity index (χ0) is 12.4. The molecule has 6 heteroatoms. The number of anilines is 2. The predicted octanol–water partition coefficient (Wildman–Crippen LogP) is 3.97. The molecule has 0 saturated heterocycles. The molecular weight excluding hydrogens is 264 g/mol. The smallest absolute Gasteiger partial charge is 0.175 e. The van der Waals surface area contributed by atoms with Crippen molar-refractivity contribution < 1.29 is 4.39 Å². The topological polar surface area (TPSA) is 37.8 Å². The Balaban J connectivity index is 2.31. The van der Waals surface area contributed by atoms with Gasteiger partial charge in [-0.05, 0) is 24.6 Å². The zero-order valence-electron chi connectivity index (χ0n) is 8.84.